The van der Waals surface area contributed by atoms with Gasteiger partial charge in [-0.3, -0.25) is 5.41 Å². The van der Waals surface area contributed by atoms with Gasteiger partial charge in [0.2, 0.25) is 5.90 Å². The minimum absolute atomic E-state index is 0.286. The molecular formula is C8H5BrFNO2S. The van der Waals surface area contributed by atoms with E-state index in [1.807, 2.05) is 0 Å². The van der Waals surface area contributed by atoms with Crippen molar-refractivity contribution in [2.75, 3.05) is 0 Å². The zero-order valence-corrected chi connectivity index (χ0v) is 9.23. The molecule has 14 heavy (non-hydrogen) atoms. The summed E-state index contributed by atoms with van der Waals surface area (Å²) in [6.07, 6.45) is 0. The Hall–Kier alpha value is -0.880. The molecule has 0 aromatic heterocycles. The number of rotatable bonds is 1. The predicted molar refractivity (Wildman–Crippen MR) is 56.4 cm³/mol. The van der Waals surface area contributed by atoms with Crippen LogP contribution >= 0.6 is 28.6 Å². The third-order valence-electron chi connectivity index (χ3n) is 1.37. The first-order valence-electron chi connectivity index (χ1n) is 3.45. The summed E-state index contributed by atoms with van der Waals surface area (Å²) in [5.41, 5.74) is 0.286. The van der Waals surface area contributed by atoms with Crippen LogP contribution in [0.15, 0.2) is 22.7 Å². The normalized spacial score (nSPS) is 9.64. The molecule has 3 nitrogen and oxygen atoms in total. The number of halogens is 2. The van der Waals surface area contributed by atoms with Crippen LogP contribution in [0, 0.1) is 11.2 Å². The number of ether oxygens (including phenoxy) is 1. The van der Waals surface area contributed by atoms with Gasteiger partial charge in [-0.15, -0.1) is 0 Å². The van der Waals surface area contributed by atoms with Crippen LogP contribution in [0.2, 0.25) is 0 Å². The van der Waals surface area contributed by atoms with Crippen molar-refractivity contribution in [3.8, 4) is 0 Å². The standard InChI is InChI=1S/C8H5BrFNO2S/c9-6-3-4(10)1-2-5(6)7(11)13-8(12)14/h1-3,11H,(H,12,14). The van der Waals surface area contributed by atoms with Crippen LogP contribution in [-0.2, 0) is 4.74 Å². The van der Waals surface area contributed by atoms with E-state index in [0.717, 1.165) is 0 Å². The minimum Gasteiger partial charge on any atom is -0.399 e. The average Bonchev–Trinajstić information content (AvgIpc) is 2.01. The molecular weight excluding hydrogens is 273 g/mol. The molecule has 0 unspecified atom stereocenters. The van der Waals surface area contributed by atoms with Gasteiger partial charge in [0.1, 0.15) is 5.82 Å². The zero-order valence-electron chi connectivity index (χ0n) is 6.75. The molecule has 0 heterocycles. The second-order valence-corrected chi connectivity index (χ2v) is 3.54. The largest absolute Gasteiger partial charge is 0.399 e. The monoisotopic (exact) mass is 277 g/mol. The Morgan fingerprint density at radius 1 is 1.57 bits per heavy atom. The molecule has 0 fully saturated rings. The van der Waals surface area contributed by atoms with Crippen molar-refractivity contribution in [2.24, 2.45) is 0 Å². The van der Waals surface area contributed by atoms with Crippen LogP contribution in [0.3, 0.4) is 0 Å². The molecule has 0 aliphatic carbocycles. The highest BCUT2D eigenvalue weighted by Crippen LogP contribution is 2.19. The number of thiol groups is 1. The summed E-state index contributed by atoms with van der Waals surface area (Å²) in [7, 11) is 0. The van der Waals surface area contributed by atoms with Crippen molar-refractivity contribution < 1.29 is 13.9 Å². The van der Waals surface area contributed by atoms with E-state index in [1.54, 1.807) is 0 Å². The van der Waals surface area contributed by atoms with Gasteiger partial charge in [-0.2, -0.15) is 0 Å². The van der Waals surface area contributed by atoms with E-state index in [0.29, 0.717) is 4.47 Å². The lowest BCUT2D eigenvalue weighted by Gasteiger charge is -2.04. The maximum Gasteiger partial charge on any atom is 0.370 e. The van der Waals surface area contributed by atoms with Crippen molar-refractivity contribution in [3.63, 3.8) is 0 Å². The molecule has 0 amide bonds. The fourth-order valence-corrected chi connectivity index (χ4v) is 1.44. The number of hydrogen-bond acceptors (Lipinski definition) is 3. The summed E-state index contributed by atoms with van der Waals surface area (Å²) in [5.74, 6) is -0.817. The highest BCUT2D eigenvalue weighted by Gasteiger charge is 2.10. The molecule has 0 spiro atoms. The van der Waals surface area contributed by atoms with Gasteiger partial charge in [-0.1, -0.05) is 12.6 Å². The van der Waals surface area contributed by atoms with Crippen LogP contribution in [0.4, 0.5) is 9.18 Å². The Morgan fingerprint density at radius 2 is 2.21 bits per heavy atom. The maximum atomic E-state index is 12.7. The predicted octanol–water partition coefficient (Wildman–Crippen LogP) is 2.98. The summed E-state index contributed by atoms with van der Waals surface area (Å²) >= 11 is 6.39. The number of carbonyl (C=O) groups excluding carboxylic acids is 1. The number of hydrogen-bond donors (Lipinski definition) is 2. The van der Waals surface area contributed by atoms with Crippen LogP contribution in [0.25, 0.3) is 0 Å². The van der Waals surface area contributed by atoms with Crippen LogP contribution in [0.5, 0.6) is 0 Å². The SMILES string of the molecule is N=C(OC(=O)S)c1ccc(F)cc1Br. The zero-order chi connectivity index (χ0) is 10.7. The van der Waals surface area contributed by atoms with E-state index in [-0.39, 0.29) is 11.5 Å². The molecule has 0 radical (unpaired) electrons. The molecule has 0 atom stereocenters. The summed E-state index contributed by atoms with van der Waals surface area (Å²) in [5, 5.41) is 6.44. The van der Waals surface area contributed by atoms with Crippen molar-refractivity contribution in [1.82, 2.24) is 0 Å². The highest BCUT2D eigenvalue weighted by molar-refractivity contribution is 9.10. The van der Waals surface area contributed by atoms with Gasteiger partial charge < -0.3 is 4.74 Å². The van der Waals surface area contributed by atoms with Crippen molar-refractivity contribution in [2.45, 2.75) is 0 Å². The smallest absolute Gasteiger partial charge is 0.370 e. The Labute approximate surface area is 93.3 Å². The van der Waals surface area contributed by atoms with Gasteiger partial charge in [-0.05, 0) is 34.1 Å². The minimum atomic E-state index is -0.883. The van der Waals surface area contributed by atoms with Gasteiger partial charge in [0, 0.05) is 4.47 Å². The van der Waals surface area contributed by atoms with Gasteiger partial charge in [0.25, 0.3) is 0 Å². The van der Waals surface area contributed by atoms with Crippen molar-refractivity contribution >= 4 is 39.8 Å². The van der Waals surface area contributed by atoms with Crippen LogP contribution in [-0.4, -0.2) is 11.2 Å². The second-order valence-electron chi connectivity index (χ2n) is 2.32. The maximum absolute atomic E-state index is 12.7. The summed E-state index contributed by atoms with van der Waals surface area (Å²) in [6.45, 7) is 0. The first-order valence-corrected chi connectivity index (χ1v) is 4.69. The third-order valence-corrected chi connectivity index (χ3v) is 2.11. The van der Waals surface area contributed by atoms with Crippen molar-refractivity contribution in [1.29, 1.82) is 5.41 Å². The molecule has 1 N–H and O–H groups in total. The van der Waals surface area contributed by atoms with Gasteiger partial charge in [0.05, 0.1) is 5.56 Å². The molecule has 0 bridgehead atoms. The van der Waals surface area contributed by atoms with E-state index in [2.05, 4.69) is 33.3 Å². The van der Waals surface area contributed by atoms with E-state index < -0.39 is 11.1 Å². The molecule has 1 rings (SSSR count). The molecule has 1 aromatic rings. The Kier molecular flexibility index (Phi) is 3.65. The number of benzene rings is 1. The van der Waals surface area contributed by atoms with Crippen molar-refractivity contribution in [3.05, 3.63) is 34.1 Å². The lowest BCUT2D eigenvalue weighted by atomic mass is 10.2. The van der Waals surface area contributed by atoms with Crippen LogP contribution in [0.1, 0.15) is 5.56 Å². The summed E-state index contributed by atoms with van der Waals surface area (Å²) in [6, 6.07) is 3.68. The number of carbonyl (C=O) groups is 1. The second kappa shape index (κ2) is 4.56. The molecule has 0 aliphatic heterocycles. The fourth-order valence-electron chi connectivity index (χ4n) is 0.816. The Morgan fingerprint density at radius 3 is 2.71 bits per heavy atom. The lowest BCUT2D eigenvalue weighted by molar-refractivity contribution is 0.225. The molecule has 1 aromatic carbocycles. The van der Waals surface area contributed by atoms with E-state index in [4.69, 9.17) is 5.41 Å². The van der Waals surface area contributed by atoms with Gasteiger partial charge >= 0.3 is 5.30 Å². The summed E-state index contributed by atoms with van der Waals surface area (Å²) in [4.78, 5) is 10.4. The van der Waals surface area contributed by atoms with E-state index >= 15 is 0 Å². The Balaban J connectivity index is 2.96. The molecule has 0 aliphatic rings. The van der Waals surface area contributed by atoms with E-state index in [1.165, 1.54) is 18.2 Å². The molecule has 0 saturated carbocycles. The quantitative estimate of drug-likeness (QED) is 0.359. The van der Waals surface area contributed by atoms with E-state index in [9.17, 15) is 9.18 Å². The Bertz CT molecular complexity index is 397. The van der Waals surface area contributed by atoms with Gasteiger partial charge in [-0.25, -0.2) is 9.18 Å². The topological polar surface area (TPSA) is 50.1 Å². The number of nitrogens with one attached hydrogen (secondary N) is 1. The fraction of sp³-hybridized carbons (Fsp3) is 0. The molecule has 6 heteroatoms. The lowest BCUT2D eigenvalue weighted by Crippen LogP contribution is -2.07. The third kappa shape index (κ3) is 2.81. The first kappa shape index (κ1) is 11.2. The van der Waals surface area contributed by atoms with Gasteiger partial charge in [0.15, 0.2) is 0 Å². The van der Waals surface area contributed by atoms with Crippen LogP contribution < -0.4 is 0 Å². The average molecular weight is 278 g/mol. The molecule has 74 valence electrons. The summed E-state index contributed by atoms with van der Waals surface area (Å²) < 4.78 is 17.4. The molecule has 0 saturated heterocycles. The highest BCUT2D eigenvalue weighted by atomic mass is 79.9. The first-order chi connectivity index (χ1) is 6.50.